The molecule has 96 valence electrons. The maximum atomic E-state index is 4.80. The first-order valence-corrected chi connectivity index (χ1v) is 7.06. The highest BCUT2D eigenvalue weighted by molar-refractivity contribution is 9.10. The molecule has 2 rings (SSSR count). The van der Waals surface area contributed by atoms with Crippen LogP contribution in [-0.4, -0.2) is 11.5 Å². The number of halogens is 1. The summed E-state index contributed by atoms with van der Waals surface area (Å²) in [6, 6.07) is 8.36. The Bertz CT molecular complexity index is 570. The van der Waals surface area contributed by atoms with Gasteiger partial charge in [0.15, 0.2) is 0 Å². The number of hydrogen-bond donors (Lipinski definition) is 1. The first-order valence-electron chi connectivity index (χ1n) is 6.27. The van der Waals surface area contributed by atoms with Crippen molar-refractivity contribution < 1.29 is 0 Å². The van der Waals surface area contributed by atoms with Gasteiger partial charge < -0.3 is 5.32 Å². The van der Waals surface area contributed by atoms with Gasteiger partial charge in [0.1, 0.15) is 0 Å². The van der Waals surface area contributed by atoms with Crippen molar-refractivity contribution in [3.8, 4) is 0 Å². The second kappa shape index (κ2) is 4.88. The summed E-state index contributed by atoms with van der Waals surface area (Å²) in [5.41, 5.74) is 3.35. The largest absolute Gasteiger partial charge is 0.385 e. The molecule has 1 aromatic carbocycles. The summed E-state index contributed by atoms with van der Waals surface area (Å²) in [5.74, 6) is 0. The number of rotatable bonds is 2. The fraction of sp³-hybridized carbons (Fsp3) is 0.400. The Hall–Kier alpha value is -1.09. The molecule has 0 spiro atoms. The average molecular weight is 307 g/mol. The smallest absolute Gasteiger partial charge is 0.0868 e. The van der Waals surface area contributed by atoms with E-state index in [4.69, 9.17) is 4.98 Å². The van der Waals surface area contributed by atoms with Crippen LogP contribution in [0.15, 0.2) is 28.7 Å². The van der Waals surface area contributed by atoms with Gasteiger partial charge in [0, 0.05) is 33.2 Å². The Kier molecular flexibility index (Phi) is 3.62. The third-order valence-electron chi connectivity index (χ3n) is 2.93. The van der Waals surface area contributed by atoms with Crippen LogP contribution in [0.1, 0.15) is 33.4 Å². The zero-order valence-corrected chi connectivity index (χ0v) is 12.9. The predicted octanol–water partition coefficient (Wildman–Crippen LogP) is 4.73. The van der Waals surface area contributed by atoms with Crippen molar-refractivity contribution in [2.45, 2.75) is 33.1 Å². The van der Waals surface area contributed by atoms with E-state index in [9.17, 15) is 0 Å². The summed E-state index contributed by atoms with van der Waals surface area (Å²) >= 11 is 3.59. The Morgan fingerprint density at radius 2 is 2.00 bits per heavy atom. The van der Waals surface area contributed by atoms with Crippen LogP contribution >= 0.6 is 15.9 Å². The van der Waals surface area contributed by atoms with Crippen molar-refractivity contribution in [3.05, 3.63) is 34.4 Å². The van der Waals surface area contributed by atoms with Crippen LogP contribution in [0.3, 0.4) is 0 Å². The molecule has 0 aliphatic rings. The van der Waals surface area contributed by atoms with E-state index < -0.39 is 0 Å². The molecule has 0 unspecified atom stereocenters. The highest BCUT2D eigenvalue weighted by atomic mass is 79.9. The minimum Gasteiger partial charge on any atom is -0.385 e. The summed E-state index contributed by atoms with van der Waals surface area (Å²) in [4.78, 5) is 4.80. The van der Waals surface area contributed by atoms with Crippen LogP contribution in [0.5, 0.6) is 0 Å². The quantitative estimate of drug-likeness (QED) is 0.868. The van der Waals surface area contributed by atoms with E-state index in [1.54, 1.807) is 0 Å². The molecule has 0 bridgehead atoms. The van der Waals surface area contributed by atoms with Crippen molar-refractivity contribution in [3.63, 3.8) is 0 Å². The molecular formula is C15H19BrN2. The lowest BCUT2D eigenvalue weighted by atomic mass is 9.90. The van der Waals surface area contributed by atoms with Crippen LogP contribution in [0.25, 0.3) is 10.9 Å². The van der Waals surface area contributed by atoms with Gasteiger partial charge in [-0.25, -0.2) is 0 Å². The predicted molar refractivity (Wildman–Crippen MR) is 82.3 cm³/mol. The maximum Gasteiger partial charge on any atom is 0.0868 e. The van der Waals surface area contributed by atoms with E-state index >= 15 is 0 Å². The van der Waals surface area contributed by atoms with E-state index in [1.165, 1.54) is 5.39 Å². The molecule has 0 saturated carbocycles. The third-order valence-corrected chi connectivity index (χ3v) is 3.57. The summed E-state index contributed by atoms with van der Waals surface area (Å²) in [7, 11) is 0. The first-order chi connectivity index (χ1) is 8.43. The molecular weight excluding hydrogens is 288 g/mol. The first kappa shape index (κ1) is 13.3. The van der Waals surface area contributed by atoms with Crippen molar-refractivity contribution in [1.29, 1.82) is 0 Å². The molecule has 0 amide bonds. The van der Waals surface area contributed by atoms with Crippen LogP contribution in [0.2, 0.25) is 0 Å². The summed E-state index contributed by atoms with van der Waals surface area (Å²) < 4.78 is 1.05. The highest BCUT2D eigenvalue weighted by Gasteiger charge is 2.18. The van der Waals surface area contributed by atoms with E-state index in [0.717, 1.165) is 27.9 Å². The maximum absolute atomic E-state index is 4.80. The van der Waals surface area contributed by atoms with Crippen molar-refractivity contribution in [2.75, 3.05) is 11.9 Å². The normalized spacial score (nSPS) is 11.8. The van der Waals surface area contributed by atoms with E-state index in [-0.39, 0.29) is 5.41 Å². The summed E-state index contributed by atoms with van der Waals surface area (Å²) in [5, 5.41) is 4.60. The van der Waals surface area contributed by atoms with Gasteiger partial charge in [-0.2, -0.15) is 0 Å². The number of hydrogen-bond acceptors (Lipinski definition) is 2. The van der Waals surface area contributed by atoms with Gasteiger partial charge in [-0.3, -0.25) is 4.98 Å². The third kappa shape index (κ3) is 2.51. The van der Waals surface area contributed by atoms with Crippen LogP contribution in [-0.2, 0) is 5.41 Å². The van der Waals surface area contributed by atoms with Gasteiger partial charge in [0.2, 0.25) is 0 Å². The number of para-hydroxylation sites is 1. The lowest BCUT2D eigenvalue weighted by molar-refractivity contribution is 0.571. The van der Waals surface area contributed by atoms with Gasteiger partial charge in [-0.1, -0.05) is 32.9 Å². The van der Waals surface area contributed by atoms with Crippen molar-refractivity contribution >= 4 is 32.5 Å². The summed E-state index contributed by atoms with van der Waals surface area (Å²) in [6.07, 6.45) is 0. The topological polar surface area (TPSA) is 24.9 Å². The molecule has 0 aliphatic heterocycles. The number of pyridine rings is 1. The number of benzene rings is 1. The van der Waals surface area contributed by atoms with Crippen molar-refractivity contribution in [2.24, 2.45) is 0 Å². The Morgan fingerprint density at radius 1 is 1.28 bits per heavy atom. The molecule has 0 radical (unpaired) electrons. The fourth-order valence-corrected chi connectivity index (χ4v) is 2.39. The van der Waals surface area contributed by atoms with Crippen LogP contribution < -0.4 is 5.32 Å². The Labute approximate surface area is 117 Å². The monoisotopic (exact) mass is 306 g/mol. The van der Waals surface area contributed by atoms with Gasteiger partial charge >= 0.3 is 0 Å². The van der Waals surface area contributed by atoms with Crippen molar-refractivity contribution in [1.82, 2.24) is 4.98 Å². The molecule has 18 heavy (non-hydrogen) atoms. The number of anilines is 1. The highest BCUT2D eigenvalue weighted by Crippen LogP contribution is 2.32. The Morgan fingerprint density at radius 3 is 2.61 bits per heavy atom. The average Bonchev–Trinajstić information content (AvgIpc) is 2.29. The zero-order valence-electron chi connectivity index (χ0n) is 11.3. The van der Waals surface area contributed by atoms with Gasteiger partial charge in [-0.15, -0.1) is 0 Å². The Balaban J connectivity index is 2.75. The number of nitrogens with zero attached hydrogens (tertiary/aromatic N) is 1. The number of nitrogens with one attached hydrogen (secondary N) is 1. The summed E-state index contributed by atoms with van der Waals surface area (Å²) in [6.45, 7) is 9.59. The molecule has 0 aliphatic carbocycles. The van der Waals surface area contributed by atoms with E-state index in [1.807, 2.05) is 12.1 Å². The van der Waals surface area contributed by atoms with Gasteiger partial charge in [-0.05, 0) is 35.0 Å². The standard InChI is InChI=1S/C15H19BrN2/c1-5-17-12-9-13(15(2,3)4)18-14-10(12)7-6-8-11(14)16/h6-9H,5H2,1-4H3,(H,17,18). The molecule has 1 aromatic heterocycles. The molecule has 2 aromatic rings. The van der Waals surface area contributed by atoms with E-state index in [0.29, 0.717) is 0 Å². The molecule has 3 heteroatoms. The lowest BCUT2D eigenvalue weighted by Crippen LogP contribution is -2.14. The molecule has 0 atom stereocenters. The second-order valence-electron chi connectivity index (χ2n) is 5.47. The molecule has 1 heterocycles. The number of aromatic nitrogens is 1. The SMILES string of the molecule is CCNc1cc(C(C)(C)C)nc2c(Br)cccc12. The van der Waals surface area contributed by atoms with E-state index in [2.05, 4.69) is 61.1 Å². The zero-order chi connectivity index (χ0) is 13.3. The fourth-order valence-electron chi connectivity index (χ4n) is 1.93. The number of fused-ring (bicyclic) bond motifs is 1. The molecule has 1 N–H and O–H groups in total. The van der Waals surface area contributed by atoms with Gasteiger partial charge in [0.05, 0.1) is 5.52 Å². The van der Waals surface area contributed by atoms with Crippen LogP contribution in [0.4, 0.5) is 5.69 Å². The van der Waals surface area contributed by atoms with Gasteiger partial charge in [0.25, 0.3) is 0 Å². The minimum absolute atomic E-state index is 0.0492. The molecule has 0 saturated heterocycles. The lowest BCUT2D eigenvalue weighted by Gasteiger charge is -2.20. The molecule has 0 fully saturated rings. The molecule has 2 nitrogen and oxygen atoms in total. The van der Waals surface area contributed by atoms with Crippen LogP contribution in [0, 0.1) is 0 Å². The second-order valence-corrected chi connectivity index (χ2v) is 6.33. The minimum atomic E-state index is 0.0492.